The Hall–Kier alpha value is -4.77. The van der Waals surface area contributed by atoms with Gasteiger partial charge in [-0.25, -0.2) is 4.98 Å². The van der Waals surface area contributed by atoms with E-state index in [0.717, 1.165) is 28.1 Å². The van der Waals surface area contributed by atoms with Crippen LogP contribution >= 0.6 is 0 Å². The molecule has 0 radical (unpaired) electrons. The van der Waals surface area contributed by atoms with Crippen molar-refractivity contribution in [3.8, 4) is 6.07 Å². The zero-order chi connectivity index (χ0) is 24.8. The average molecular weight is 465 g/mol. The van der Waals surface area contributed by atoms with Gasteiger partial charge >= 0.3 is 0 Å². The molecule has 3 heterocycles. The summed E-state index contributed by atoms with van der Waals surface area (Å²) in [4.78, 5) is 35.9. The molecule has 0 spiro atoms. The predicted octanol–water partition coefficient (Wildman–Crippen LogP) is 3.04. The molecule has 35 heavy (non-hydrogen) atoms. The number of nitrogens with one attached hydrogen (secondary N) is 2. The zero-order valence-electron chi connectivity index (χ0n) is 19.2. The summed E-state index contributed by atoms with van der Waals surface area (Å²) in [5.41, 5.74) is 11.4. The number of nitrogen functional groups attached to an aromatic ring is 1. The number of nitrogens with two attached hydrogens (primary N) is 1. The molecule has 8 nitrogen and oxygen atoms in total. The fourth-order valence-electron chi connectivity index (χ4n) is 3.72. The molecule has 4 N–H and O–H groups in total. The normalized spacial score (nSPS) is 10.5. The van der Waals surface area contributed by atoms with Crippen molar-refractivity contribution in [1.82, 2.24) is 20.3 Å². The highest BCUT2D eigenvalue weighted by Crippen LogP contribution is 2.14. The average Bonchev–Trinajstić information content (AvgIpc) is 2.86. The number of aromatic nitrogens is 3. The monoisotopic (exact) mass is 464 g/mol. The first-order chi connectivity index (χ1) is 16.9. The maximum atomic E-state index is 12.7. The van der Waals surface area contributed by atoms with Gasteiger partial charge in [0.05, 0.1) is 5.56 Å². The number of rotatable bonds is 7. The fourth-order valence-corrected chi connectivity index (χ4v) is 3.72. The Bertz CT molecular complexity index is 1470. The van der Waals surface area contributed by atoms with Crippen LogP contribution in [0.1, 0.15) is 49.6 Å². The van der Waals surface area contributed by atoms with E-state index in [0.29, 0.717) is 41.9 Å². The maximum Gasteiger partial charge on any atom is 0.251 e. The van der Waals surface area contributed by atoms with Crippen molar-refractivity contribution in [2.75, 3.05) is 5.73 Å². The van der Waals surface area contributed by atoms with Crippen molar-refractivity contribution < 1.29 is 4.79 Å². The summed E-state index contributed by atoms with van der Waals surface area (Å²) in [6.07, 6.45) is 4.03. The topological polar surface area (TPSA) is 138 Å². The van der Waals surface area contributed by atoms with Crippen molar-refractivity contribution in [1.29, 1.82) is 5.26 Å². The van der Waals surface area contributed by atoms with Gasteiger partial charge in [-0.05, 0) is 47.9 Å². The van der Waals surface area contributed by atoms with Crippen molar-refractivity contribution >= 4 is 11.7 Å². The summed E-state index contributed by atoms with van der Waals surface area (Å²) in [7, 11) is 0. The van der Waals surface area contributed by atoms with Crippen LogP contribution in [0.5, 0.6) is 0 Å². The van der Waals surface area contributed by atoms with Gasteiger partial charge in [-0.3, -0.25) is 14.6 Å². The van der Waals surface area contributed by atoms with Crippen LogP contribution in [-0.4, -0.2) is 20.9 Å². The summed E-state index contributed by atoms with van der Waals surface area (Å²) in [6.45, 7) is 2.21. The smallest absolute Gasteiger partial charge is 0.251 e. The SMILES string of the molecule is Cc1nc(N)ccc1CNC(=O)c1ccnc(Cc2ccc(Cc3cc(C#N)c[nH]c3=O)cc2)c1. The molecule has 0 fully saturated rings. The second kappa shape index (κ2) is 10.4. The minimum absolute atomic E-state index is 0.190. The number of carbonyl (C=O) groups is 1. The molecule has 1 aromatic carbocycles. The molecule has 0 aliphatic rings. The molecule has 0 bridgehead atoms. The summed E-state index contributed by atoms with van der Waals surface area (Å²) in [6, 6.07) is 18.5. The number of hydrogen-bond acceptors (Lipinski definition) is 6. The molecular weight excluding hydrogens is 440 g/mol. The van der Waals surface area contributed by atoms with Gasteiger partial charge in [0.25, 0.3) is 11.5 Å². The Kier molecular flexibility index (Phi) is 6.98. The number of aromatic amines is 1. The third-order valence-electron chi connectivity index (χ3n) is 5.65. The van der Waals surface area contributed by atoms with Crippen LogP contribution in [0.25, 0.3) is 0 Å². The Morgan fingerprint density at radius 2 is 1.80 bits per heavy atom. The Labute approximate surface area is 202 Å². The van der Waals surface area contributed by atoms with Crippen molar-refractivity contribution in [3.05, 3.63) is 122 Å². The number of nitriles is 1. The van der Waals surface area contributed by atoms with Gasteiger partial charge in [-0.1, -0.05) is 30.3 Å². The summed E-state index contributed by atoms with van der Waals surface area (Å²) < 4.78 is 0. The number of nitrogens with zero attached hydrogens (tertiary/aromatic N) is 3. The van der Waals surface area contributed by atoms with Gasteiger partial charge in [0.2, 0.25) is 0 Å². The molecule has 0 atom stereocenters. The van der Waals surface area contributed by atoms with Crippen molar-refractivity contribution in [2.24, 2.45) is 0 Å². The highest BCUT2D eigenvalue weighted by molar-refractivity contribution is 5.94. The summed E-state index contributed by atoms with van der Waals surface area (Å²) in [5, 5.41) is 12.0. The molecule has 174 valence electrons. The number of anilines is 1. The van der Waals surface area contributed by atoms with E-state index in [-0.39, 0.29) is 11.5 Å². The minimum Gasteiger partial charge on any atom is -0.384 e. The standard InChI is InChI=1S/C27H24N6O2/c1-17-22(6-7-25(29)33-17)16-32-26(34)21-8-9-30-24(13-21)12-19-4-2-18(3-5-19)10-23-11-20(14-28)15-31-27(23)35/h2-9,11,13,15H,10,12,16H2,1H3,(H2,29,33)(H,31,35)(H,32,34). The highest BCUT2D eigenvalue weighted by atomic mass is 16.1. The Morgan fingerprint density at radius 1 is 1.06 bits per heavy atom. The molecule has 4 aromatic rings. The van der Waals surface area contributed by atoms with Gasteiger partial charge in [0.15, 0.2) is 0 Å². The minimum atomic E-state index is -0.199. The van der Waals surface area contributed by atoms with E-state index >= 15 is 0 Å². The van der Waals surface area contributed by atoms with Gasteiger partial charge < -0.3 is 16.0 Å². The van der Waals surface area contributed by atoms with E-state index in [1.165, 1.54) is 6.20 Å². The van der Waals surface area contributed by atoms with Crippen molar-refractivity contribution in [3.63, 3.8) is 0 Å². The lowest BCUT2D eigenvalue weighted by Gasteiger charge is -2.09. The van der Waals surface area contributed by atoms with E-state index in [4.69, 9.17) is 11.0 Å². The Balaban J connectivity index is 1.39. The largest absolute Gasteiger partial charge is 0.384 e. The van der Waals surface area contributed by atoms with Crippen LogP contribution in [0, 0.1) is 18.3 Å². The molecule has 4 rings (SSSR count). The first kappa shape index (κ1) is 23.4. The van der Waals surface area contributed by atoms with E-state index < -0.39 is 0 Å². The lowest BCUT2D eigenvalue weighted by Crippen LogP contribution is -2.23. The third kappa shape index (κ3) is 5.97. The first-order valence-corrected chi connectivity index (χ1v) is 11.1. The Morgan fingerprint density at radius 3 is 2.51 bits per heavy atom. The molecule has 3 aromatic heterocycles. The van der Waals surface area contributed by atoms with Crippen LogP contribution < -0.4 is 16.6 Å². The molecule has 0 aliphatic carbocycles. The molecular formula is C27H24N6O2. The lowest BCUT2D eigenvalue weighted by molar-refractivity contribution is 0.0950. The van der Waals surface area contributed by atoms with E-state index in [1.54, 1.807) is 30.5 Å². The van der Waals surface area contributed by atoms with Crippen LogP contribution in [0.2, 0.25) is 0 Å². The predicted molar refractivity (Wildman–Crippen MR) is 133 cm³/mol. The molecule has 0 aliphatic heterocycles. The zero-order valence-corrected chi connectivity index (χ0v) is 19.2. The molecule has 0 unspecified atom stereocenters. The number of H-pyrrole nitrogens is 1. The number of carbonyl (C=O) groups excluding carboxylic acids is 1. The number of pyridine rings is 3. The highest BCUT2D eigenvalue weighted by Gasteiger charge is 2.09. The van der Waals surface area contributed by atoms with E-state index in [2.05, 4.69) is 20.3 Å². The number of benzene rings is 1. The number of amides is 1. The fraction of sp³-hybridized carbons (Fsp3) is 0.148. The number of aryl methyl sites for hydroxylation is 1. The van der Waals surface area contributed by atoms with Gasteiger partial charge in [-0.15, -0.1) is 0 Å². The molecule has 0 saturated heterocycles. The van der Waals surface area contributed by atoms with Gasteiger partial charge in [0.1, 0.15) is 11.9 Å². The maximum absolute atomic E-state index is 12.7. The molecule has 1 amide bonds. The van der Waals surface area contributed by atoms with E-state index in [9.17, 15) is 9.59 Å². The van der Waals surface area contributed by atoms with E-state index in [1.807, 2.05) is 43.3 Å². The first-order valence-electron chi connectivity index (χ1n) is 11.1. The molecule has 0 saturated carbocycles. The molecule has 8 heteroatoms. The lowest BCUT2D eigenvalue weighted by atomic mass is 10.0. The van der Waals surface area contributed by atoms with Crippen LogP contribution in [0.15, 0.2) is 71.8 Å². The summed E-state index contributed by atoms with van der Waals surface area (Å²) in [5.74, 6) is 0.260. The quantitative estimate of drug-likeness (QED) is 0.384. The second-order valence-corrected chi connectivity index (χ2v) is 8.22. The summed E-state index contributed by atoms with van der Waals surface area (Å²) >= 11 is 0. The number of hydrogen-bond donors (Lipinski definition) is 3. The van der Waals surface area contributed by atoms with Gasteiger partial charge in [-0.2, -0.15) is 5.26 Å². The van der Waals surface area contributed by atoms with Crippen LogP contribution in [0.3, 0.4) is 0 Å². The van der Waals surface area contributed by atoms with Gasteiger partial charge in [0, 0.05) is 54.3 Å². The van der Waals surface area contributed by atoms with Crippen LogP contribution in [0.4, 0.5) is 5.82 Å². The third-order valence-corrected chi connectivity index (χ3v) is 5.65. The van der Waals surface area contributed by atoms with Crippen molar-refractivity contribution in [2.45, 2.75) is 26.3 Å². The van der Waals surface area contributed by atoms with Crippen LogP contribution in [-0.2, 0) is 19.4 Å². The second-order valence-electron chi connectivity index (χ2n) is 8.22.